The van der Waals surface area contributed by atoms with Crippen molar-refractivity contribution < 1.29 is 9.53 Å². The number of hydrogen-bond donors (Lipinski definition) is 2. The molecule has 76 valence electrons. The second-order valence-electron chi connectivity index (χ2n) is 4.26. The zero-order chi connectivity index (χ0) is 9.76. The molecule has 2 fully saturated rings. The van der Waals surface area contributed by atoms with Crippen LogP contribution >= 0.6 is 0 Å². The highest BCUT2D eigenvalue weighted by Crippen LogP contribution is 2.40. The molecule has 3 heterocycles. The number of amidine groups is 1. The highest BCUT2D eigenvalue weighted by molar-refractivity contribution is 6.06. The summed E-state index contributed by atoms with van der Waals surface area (Å²) in [6, 6.07) is -0.323. The fraction of sp³-hybridized carbons (Fsp3) is 0.778. The van der Waals surface area contributed by atoms with Crippen molar-refractivity contribution in [1.29, 1.82) is 0 Å². The SMILES string of the molecule is NC1=NC(=O)NC12CCC1CCC2O1. The third kappa shape index (κ3) is 0.877. The number of amides is 2. The number of fused-ring (bicyclic) bond motifs is 3. The monoisotopic (exact) mass is 195 g/mol. The van der Waals surface area contributed by atoms with Gasteiger partial charge < -0.3 is 15.8 Å². The maximum atomic E-state index is 11.2. The highest BCUT2D eigenvalue weighted by Gasteiger charge is 2.54. The molecule has 0 saturated carbocycles. The molecule has 0 aromatic heterocycles. The quantitative estimate of drug-likeness (QED) is 0.577. The number of carbonyl (C=O) groups is 1. The number of nitrogens with two attached hydrogens (primary N) is 1. The van der Waals surface area contributed by atoms with Crippen LogP contribution in [0.25, 0.3) is 0 Å². The summed E-state index contributed by atoms with van der Waals surface area (Å²) in [6.07, 6.45) is 4.29. The molecule has 0 aromatic rings. The topological polar surface area (TPSA) is 76.7 Å². The number of ether oxygens (including phenoxy) is 1. The van der Waals surface area contributed by atoms with Crippen molar-refractivity contribution in [2.75, 3.05) is 0 Å². The van der Waals surface area contributed by atoms with E-state index in [0.29, 0.717) is 11.9 Å². The number of aliphatic imine (C=N–C) groups is 1. The number of nitrogens with zero attached hydrogens (tertiary/aromatic N) is 1. The van der Waals surface area contributed by atoms with Gasteiger partial charge >= 0.3 is 6.03 Å². The molecular formula is C9H13N3O2. The Morgan fingerprint density at radius 2 is 2.36 bits per heavy atom. The van der Waals surface area contributed by atoms with Gasteiger partial charge in [-0.1, -0.05) is 0 Å². The van der Waals surface area contributed by atoms with Crippen molar-refractivity contribution in [3.63, 3.8) is 0 Å². The molecule has 3 atom stereocenters. The third-order valence-corrected chi connectivity index (χ3v) is 3.53. The van der Waals surface area contributed by atoms with Crippen LogP contribution in [0.15, 0.2) is 4.99 Å². The molecule has 2 saturated heterocycles. The largest absolute Gasteiger partial charge is 0.385 e. The van der Waals surface area contributed by atoms with Crippen LogP contribution in [0.5, 0.6) is 0 Å². The summed E-state index contributed by atoms with van der Waals surface area (Å²) in [6.45, 7) is 0. The number of carbonyl (C=O) groups excluding carboxylic acids is 1. The minimum absolute atomic E-state index is 0.0384. The molecule has 5 nitrogen and oxygen atoms in total. The molecule has 3 N–H and O–H groups in total. The summed E-state index contributed by atoms with van der Waals surface area (Å²) in [5.74, 6) is 0.410. The Morgan fingerprint density at radius 3 is 3.07 bits per heavy atom. The van der Waals surface area contributed by atoms with Crippen molar-refractivity contribution in [1.82, 2.24) is 5.32 Å². The van der Waals surface area contributed by atoms with Crippen molar-refractivity contribution >= 4 is 11.9 Å². The molecular weight excluding hydrogens is 182 g/mol. The molecule has 5 heteroatoms. The second-order valence-corrected chi connectivity index (χ2v) is 4.26. The van der Waals surface area contributed by atoms with Gasteiger partial charge in [-0.2, -0.15) is 4.99 Å². The minimum Gasteiger partial charge on any atom is -0.385 e. The minimum atomic E-state index is -0.482. The maximum absolute atomic E-state index is 11.2. The Labute approximate surface area is 81.7 Å². The van der Waals surface area contributed by atoms with E-state index in [1.54, 1.807) is 0 Å². The van der Waals surface area contributed by atoms with Gasteiger partial charge in [-0.25, -0.2) is 4.79 Å². The van der Waals surface area contributed by atoms with E-state index in [-0.39, 0.29) is 12.1 Å². The Kier molecular flexibility index (Phi) is 1.45. The zero-order valence-electron chi connectivity index (χ0n) is 7.82. The van der Waals surface area contributed by atoms with Crippen molar-refractivity contribution in [2.24, 2.45) is 10.7 Å². The van der Waals surface area contributed by atoms with Gasteiger partial charge in [0, 0.05) is 0 Å². The predicted octanol–water partition coefficient (Wildman–Crippen LogP) is 0.147. The number of nitrogens with one attached hydrogen (secondary N) is 1. The van der Waals surface area contributed by atoms with E-state index < -0.39 is 5.54 Å². The molecule has 2 bridgehead atoms. The average Bonchev–Trinajstić information content (AvgIpc) is 2.65. The molecule has 1 spiro atoms. The molecule has 3 aliphatic rings. The Balaban J connectivity index is 1.97. The Bertz CT molecular complexity index is 328. The third-order valence-electron chi connectivity index (χ3n) is 3.53. The normalized spacial score (nSPS) is 45.4. The van der Waals surface area contributed by atoms with Gasteiger partial charge in [0.15, 0.2) is 0 Å². The van der Waals surface area contributed by atoms with E-state index >= 15 is 0 Å². The van der Waals surface area contributed by atoms with Crippen LogP contribution in [0.4, 0.5) is 4.79 Å². The first-order valence-corrected chi connectivity index (χ1v) is 5.03. The van der Waals surface area contributed by atoms with Crippen LogP contribution in [0.1, 0.15) is 25.7 Å². The van der Waals surface area contributed by atoms with Crippen LogP contribution in [-0.2, 0) is 4.74 Å². The molecule has 0 aromatic carbocycles. The van der Waals surface area contributed by atoms with Gasteiger partial charge in [0.05, 0.1) is 12.2 Å². The molecule has 3 rings (SSSR count). The fourth-order valence-electron chi connectivity index (χ4n) is 2.76. The summed E-state index contributed by atoms with van der Waals surface area (Å²) in [4.78, 5) is 14.9. The summed E-state index contributed by atoms with van der Waals surface area (Å²) in [5.41, 5.74) is 5.32. The van der Waals surface area contributed by atoms with Crippen molar-refractivity contribution in [3.8, 4) is 0 Å². The second kappa shape index (κ2) is 2.48. The van der Waals surface area contributed by atoms with E-state index in [4.69, 9.17) is 10.5 Å². The van der Waals surface area contributed by atoms with Crippen molar-refractivity contribution in [3.05, 3.63) is 0 Å². The number of rotatable bonds is 0. The van der Waals surface area contributed by atoms with Crippen LogP contribution in [0.2, 0.25) is 0 Å². The van der Waals surface area contributed by atoms with Crippen molar-refractivity contribution in [2.45, 2.75) is 43.4 Å². The van der Waals surface area contributed by atoms with Gasteiger partial charge in [-0.3, -0.25) is 0 Å². The van der Waals surface area contributed by atoms with E-state index in [1.807, 2.05) is 0 Å². The van der Waals surface area contributed by atoms with E-state index in [9.17, 15) is 4.79 Å². The number of urea groups is 1. The van der Waals surface area contributed by atoms with Crippen LogP contribution in [0.3, 0.4) is 0 Å². The first-order chi connectivity index (χ1) is 6.71. The van der Waals surface area contributed by atoms with Gasteiger partial charge in [-0.15, -0.1) is 0 Å². The zero-order valence-corrected chi connectivity index (χ0v) is 7.82. The standard InChI is InChI=1S/C9H13N3O2/c10-7-9(12-8(13)11-7)4-3-5-1-2-6(9)14-5/h5-6H,1-4H2,(H3,10,11,12,13). The van der Waals surface area contributed by atoms with Gasteiger partial charge in [-0.05, 0) is 25.7 Å². The summed E-state index contributed by atoms with van der Waals surface area (Å²) >= 11 is 0. The van der Waals surface area contributed by atoms with Crippen LogP contribution < -0.4 is 11.1 Å². The molecule has 3 unspecified atom stereocenters. The highest BCUT2D eigenvalue weighted by atomic mass is 16.5. The number of hydrogen-bond acceptors (Lipinski definition) is 3. The lowest BCUT2D eigenvalue weighted by atomic mass is 9.85. The lowest BCUT2D eigenvalue weighted by Crippen LogP contribution is -2.61. The molecule has 3 aliphatic heterocycles. The first kappa shape index (κ1) is 8.23. The summed E-state index contributed by atoms with van der Waals surface area (Å²) in [7, 11) is 0. The lowest BCUT2D eigenvalue weighted by Gasteiger charge is -2.38. The Hall–Kier alpha value is -1.10. The van der Waals surface area contributed by atoms with Gasteiger partial charge in [0.2, 0.25) is 0 Å². The molecule has 14 heavy (non-hydrogen) atoms. The van der Waals surface area contributed by atoms with E-state index in [1.165, 1.54) is 0 Å². The van der Waals surface area contributed by atoms with E-state index in [0.717, 1.165) is 25.7 Å². The predicted molar refractivity (Wildman–Crippen MR) is 50.0 cm³/mol. The molecule has 0 radical (unpaired) electrons. The van der Waals surface area contributed by atoms with E-state index in [2.05, 4.69) is 10.3 Å². The lowest BCUT2D eigenvalue weighted by molar-refractivity contribution is -0.0297. The molecule has 2 amide bonds. The smallest absolute Gasteiger partial charge is 0.343 e. The summed E-state index contributed by atoms with van der Waals surface area (Å²) in [5, 5.41) is 2.85. The fourth-order valence-corrected chi connectivity index (χ4v) is 2.76. The average molecular weight is 195 g/mol. The van der Waals surface area contributed by atoms with Crippen LogP contribution in [0, 0.1) is 0 Å². The van der Waals surface area contributed by atoms with Gasteiger partial charge in [0.25, 0.3) is 0 Å². The summed E-state index contributed by atoms with van der Waals surface area (Å²) < 4.78 is 5.78. The van der Waals surface area contributed by atoms with Gasteiger partial charge in [0.1, 0.15) is 11.4 Å². The maximum Gasteiger partial charge on any atom is 0.343 e. The first-order valence-electron chi connectivity index (χ1n) is 5.03. The van der Waals surface area contributed by atoms with Crippen LogP contribution in [-0.4, -0.2) is 29.6 Å². The molecule has 0 aliphatic carbocycles. The Morgan fingerprint density at radius 1 is 1.50 bits per heavy atom.